The van der Waals surface area contributed by atoms with Crippen molar-refractivity contribution in [1.82, 2.24) is 5.32 Å². The van der Waals surface area contributed by atoms with Crippen LogP contribution >= 0.6 is 0 Å². The van der Waals surface area contributed by atoms with Gasteiger partial charge in [-0.1, -0.05) is 53.6 Å². The summed E-state index contributed by atoms with van der Waals surface area (Å²) in [6.07, 6.45) is -4.09. The van der Waals surface area contributed by atoms with Crippen LogP contribution in [0.25, 0.3) is 0 Å². The van der Waals surface area contributed by atoms with Gasteiger partial charge in [0.05, 0.1) is 18.2 Å². The van der Waals surface area contributed by atoms with Crippen molar-refractivity contribution in [2.45, 2.75) is 32.6 Å². The summed E-state index contributed by atoms with van der Waals surface area (Å²) in [7, 11) is 1.47. The lowest BCUT2D eigenvalue weighted by atomic mass is 10.1. The van der Waals surface area contributed by atoms with E-state index in [1.807, 2.05) is 0 Å². The van der Waals surface area contributed by atoms with Crippen molar-refractivity contribution >= 4 is 23.8 Å². The van der Waals surface area contributed by atoms with Gasteiger partial charge in [0, 0.05) is 12.1 Å². The number of hydrogen-bond acceptors (Lipinski definition) is 7. The second-order valence-electron chi connectivity index (χ2n) is 8.26. The first-order chi connectivity index (χ1) is 17.7. The van der Waals surface area contributed by atoms with Crippen LogP contribution in [0.15, 0.2) is 72.8 Å². The monoisotopic (exact) mass is 505 g/mol. The minimum atomic E-state index is -2.11. The van der Waals surface area contributed by atoms with Crippen LogP contribution in [-0.2, 0) is 25.6 Å². The van der Waals surface area contributed by atoms with Crippen LogP contribution in [0.5, 0.6) is 5.75 Å². The number of carboxylic acids is 1. The Bertz CT molecular complexity index is 1300. The van der Waals surface area contributed by atoms with E-state index in [0.29, 0.717) is 11.3 Å². The van der Waals surface area contributed by atoms with Crippen LogP contribution in [-0.4, -0.2) is 48.2 Å². The Hall–Kier alpha value is -4.66. The number of ether oxygens (including phenoxy) is 3. The average Bonchev–Trinajstić information content (AvgIpc) is 2.89. The van der Waals surface area contributed by atoms with Gasteiger partial charge in [-0.05, 0) is 44.2 Å². The van der Waals surface area contributed by atoms with Crippen molar-refractivity contribution in [3.63, 3.8) is 0 Å². The molecule has 9 heteroatoms. The van der Waals surface area contributed by atoms with E-state index in [-0.39, 0.29) is 17.7 Å². The van der Waals surface area contributed by atoms with Crippen LogP contribution in [0.1, 0.15) is 37.4 Å². The number of aliphatic carboxylic acids is 1. The Labute approximate surface area is 214 Å². The molecular formula is C28H27NO8. The number of rotatable bonds is 10. The minimum Gasteiger partial charge on any atom is -0.496 e. The average molecular weight is 506 g/mol. The molecule has 0 saturated carbocycles. The Morgan fingerprint density at radius 2 is 1.32 bits per heavy atom. The molecule has 0 bridgehead atoms. The number of para-hydroxylation sites is 1. The fourth-order valence-corrected chi connectivity index (χ4v) is 3.54. The third kappa shape index (κ3) is 7.17. The van der Waals surface area contributed by atoms with E-state index in [0.717, 1.165) is 11.1 Å². The van der Waals surface area contributed by atoms with Crippen molar-refractivity contribution in [2.75, 3.05) is 7.11 Å². The van der Waals surface area contributed by atoms with Crippen molar-refractivity contribution in [3.8, 4) is 5.75 Å². The number of carbonyl (C=O) groups excluding carboxylic acids is 3. The van der Waals surface area contributed by atoms with Crippen LogP contribution in [0.4, 0.5) is 0 Å². The summed E-state index contributed by atoms with van der Waals surface area (Å²) in [4.78, 5) is 50.9. The highest BCUT2D eigenvalue weighted by molar-refractivity contribution is 5.96. The van der Waals surface area contributed by atoms with E-state index in [1.165, 1.54) is 31.4 Å². The topological polar surface area (TPSA) is 128 Å². The molecule has 0 fully saturated rings. The number of amides is 1. The Morgan fingerprint density at radius 1 is 0.784 bits per heavy atom. The quantitative estimate of drug-likeness (QED) is 0.401. The maximum atomic E-state index is 13.2. The molecule has 0 unspecified atom stereocenters. The minimum absolute atomic E-state index is 0.0560. The van der Waals surface area contributed by atoms with E-state index in [9.17, 15) is 24.3 Å². The summed E-state index contributed by atoms with van der Waals surface area (Å²) >= 11 is 0. The molecule has 0 aliphatic rings. The normalized spacial score (nSPS) is 12.1. The maximum absolute atomic E-state index is 13.2. The summed E-state index contributed by atoms with van der Waals surface area (Å²) in [5.41, 5.74) is 2.30. The highest BCUT2D eigenvalue weighted by Gasteiger charge is 2.41. The Morgan fingerprint density at radius 3 is 1.84 bits per heavy atom. The zero-order chi connectivity index (χ0) is 26.9. The second-order valence-corrected chi connectivity index (χ2v) is 8.26. The van der Waals surface area contributed by atoms with Gasteiger partial charge in [0.2, 0.25) is 12.2 Å². The molecule has 3 aromatic carbocycles. The van der Waals surface area contributed by atoms with Gasteiger partial charge in [-0.15, -0.1) is 0 Å². The summed E-state index contributed by atoms with van der Waals surface area (Å²) in [6.45, 7) is 3.46. The first kappa shape index (κ1) is 26.9. The molecule has 3 rings (SSSR count). The molecule has 37 heavy (non-hydrogen) atoms. The number of esters is 2. The number of carbonyl (C=O) groups is 4. The zero-order valence-electron chi connectivity index (χ0n) is 20.6. The maximum Gasteiger partial charge on any atom is 0.349 e. The summed E-state index contributed by atoms with van der Waals surface area (Å²) in [5, 5.41) is 12.4. The largest absolute Gasteiger partial charge is 0.496 e. The summed E-state index contributed by atoms with van der Waals surface area (Å²) in [5.74, 6) is -4.05. The van der Waals surface area contributed by atoms with E-state index >= 15 is 0 Å². The molecule has 0 spiro atoms. The zero-order valence-corrected chi connectivity index (χ0v) is 20.6. The molecule has 2 atom stereocenters. The second kappa shape index (κ2) is 12.3. The molecule has 0 heterocycles. The molecule has 9 nitrogen and oxygen atoms in total. The van der Waals surface area contributed by atoms with Gasteiger partial charge in [0.1, 0.15) is 5.75 Å². The van der Waals surface area contributed by atoms with Gasteiger partial charge < -0.3 is 24.6 Å². The Balaban J connectivity index is 1.89. The van der Waals surface area contributed by atoms with E-state index in [4.69, 9.17) is 14.2 Å². The number of benzene rings is 3. The van der Waals surface area contributed by atoms with Crippen molar-refractivity contribution in [3.05, 3.63) is 101 Å². The fourth-order valence-electron chi connectivity index (χ4n) is 3.54. The lowest BCUT2D eigenvalue weighted by Gasteiger charge is -2.24. The predicted molar refractivity (Wildman–Crippen MR) is 133 cm³/mol. The van der Waals surface area contributed by atoms with E-state index < -0.39 is 36.0 Å². The third-order valence-electron chi connectivity index (χ3n) is 5.40. The standard InChI is InChI=1S/C28H27NO8/c1-17-8-6-11-19(14-17)27(33)36-23(25(30)29-16-21-10-4-5-13-22(21)35-3)24(26(31)32)37-28(34)20-12-7-9-18(2)15-20/h4-15,23-24H,16H2,1-3H3,(H,29,30)(H,31,32)/t23-,24-/m0/s1. The lowest BCUT2D eigenvalue weighted by Crippen LogP contribution is -2.50. The number of hydrogen-bond donors (Lipinski definition) is 2. The molecule has 0 aliphatic carbocycles. The molecule has 0 saturated heterocycles. The molecular weight excluding hydrogens is 478 g/mol. The smallest absolute Gasteiger partial charge is 0.349 e. The van der Waals surface area contributed by atoms with Crippen molar-refractivity contribution in [2.24, 2.45) is 0 Å². The number of nitrogens with one attached hydrogen (secondary N) is 1. The molecule has 0 radical (unpaired) electrons. The molecule has 2 N–H and O–H groups in total. The molecule has 0 aromatic heterocycles. The number of aryl methyl sites for hydroxylation is 2. The molecule has 192 valence electrons. The van der Waals surface area contributed by atoms with Gasteiger partial charge in [-0.2, -0.15) is 0 Å². The fraction of sp³-hybridized carbons (Fsp3) is 0.214. The molecule has 0 aliphatic heterocycles. The molecule has 3 aromatic rings. The Kier molecular flexibility index (Phi) is 8.99. The van der Waals surface area contributed by atoms with Crippen LogP contribution in [0, 0.1) is 13.8 Å². The highest BCUT2D eigenvalue weighted by Crippen LogP contribution is 2.18. The first-order valence-electron chi connectivity index (χ1n) is 11.4. The SMILES string of the molecule is COc1ccccc1CNC(=O)[C@@H](OC(=O)c1cccc(C)c1)[C@H](OC(=O)c1cccc(C)c1)C(=O)O. The third-order valence-corrected chi connectivity index (χ3v) is 5.40. The van der Waals surface area contributed by atoms with Gasteiger partial charge in [0.15, 0.2) is 0 Å². The van der Waals surface area contributed by atoms with Gasteiger partial charge >= 0.3 is 17.9 Å². The van der Waals surface area contributed by atoms with E-state index in [1.54, 1.807) is 62.4 Å². The van der Waals surface area contributed by atoms with Crippen molar-refractivity contribution in [1.29, 1.82) is 0 Å². The van der Waals surface area contributed by atoms with Crippen LogP contribution < -0.4 is 10.1 Å². The van der Waals surface area contributed by atoms with Crippen molar-refractivity contribution < 1.29 is 38.5 Å². The van der Waals surface area contributed by atoms with Gasteiger partial charge in [-0.3, -0.25) is 4.79 Å². The lowest BCUT2D eigenvalue weighted by molar-refractivity contribution is -0.159. The predicted octanol–water partition coefficient (Wildman–Crippen LogP) is 3.46. The van der Waals surface area contributed by atoms with E-state index in [2.05, 4.69) is 5.32 Å². The molecule has 1 amide bonds. The number of carboxylic acid groups (broad SMARTS) is 1. The van der Waals surface area contributed by atoms with Crippen LogP contribution in [0.2, 0.25) is 0 Å². The van der Waals surface area contributed by atoms with Gasteiger partial charge in [0.25, 0.3) is 5.91 Å². The van der Waals surface area contributed by atoms with Crippen LogP contribution in [0.3, 0.4) is 0 Å². The number of methoxy groups -OCH3 is 1. The highest BCUT2D eigenvalue weighted by atomic mass is 16.6. The summed E-state index contributed by atoms with van der Waals surface area (Å²) < 4.78 is 15.8. The van der Waals surface area contributed by atoms with Gasteiger partial charge in [-0.25, -0.2) is 14.4 Å². The first-order valence-corrected chi connectivity index (χ1v) is 11.4. The summed E-state index contributed by atoms with van der Waals surface area (Å²) in [6, 6.07) is 19.6.